The maximum atomic E-state index is 14.5. The highest BCUT2D eigenvalue weighted by Gasteiger charge is 2.93. The lowest BCUT2D eigenvalue weighted by molar-refractivity contribution is -0.422. The number of halogens is 8. The van der Waals surface area contributed by atoms with Gasteiger partial charge >= 0.3 is 12.4 Å². The summed E-state index contributed by atoms with van der Waals surface area (Å²) in [4.78, 5) is 0. The fourth-order valence-electron chi connectivity index (χ4n) is 6.52. The number of hydrogen-bond donors (Lipinski definition) is 0. The third kappa shape index (κ3) is 1.30. The lowest BCUT2D eigenvalue weighted by Gasteiger charge is -2.51. The van der Waals surface area contributed by atoms with Gasteiger partial charge in [0.15, 0.2) is 0 Å². The Morgan fingerprint density at radius 2 is 1.14 bits per heavy atom. The van der Waals surface area contributed by atoms with Gasteiger partial charge in [0.05, 0.1) is 0 Å². The van der Waals surface area contributed by atoms with Crippen molar-refractivity contribution in [2.45, 2.75) is 44.0 Å². The Labute approximate surface area is 121 Å². The standard InChI is InChI=1S/C14H14F8/c15-12(16)8-4-7(9-5-1-2-6(3-5)10(8)9)11(12,13(17,18)19)14(20,21)22/h5-10H,1-4H2. The van der Waals surface area contributed by atoms with Crippen molar-refractivity contribution in [1.82, 2.24) is 0 Å². The van der Waals surface area contributed by atoms with Gasteiger partial charge in [-0.2, -0.15) is 26.3 Å². The first-order chi connectivity index (χ1) is 9.94. The van der Waals surface area contributed by atoms with E-state index in [2.05, 4.69) is 0 Å². The van der Waals surface area contributed by atoms with E-state index < -0.39 is 53.8 Å². The molecule has 6 atom stereocenters. The largest absolute Gasteiger partial charge is 0.409 e. The SMILES string of the molecule is FC(F)(F)C1(C(F)(F)F)C2CC(C3C4CCC(C4)C32)C1(F)F. The smallest absolute Gasteiger partial charge is 0.205 e. The van der Waals surface area contributed by atoms with Gasteiger partial charge in [-0.15, -0.1) is 0 Å². The summed E-state index contributed by atoms with van der Waals surface area (Å²) in [6, 6.07) is 0. The van der Waals surface area contributed by atoms with Crippen molar-refractivity contribution in [2.75, 3.05) is 0 Å². The van der Waals surface area contributed by atoms with Crippen LogP contribution in [0.25, 0.3) is 0 Å². The van der Waals surface area contributed by atoms with E-state index in [1.54, 1.807) is 0 Å². The van der Waals surface area contributed by atoms with Crippen molar-refractivity contribution in [3.05, 3.63) is 0 Å². The second-order valence-corrected chi connectivity index (χ2v) is 7.36. The molecule has 4 saturated carbocycles. The van der Waals surface area contributed by atoms with Crippen LogP contribution in [-0.4, -0.2) is 18.3 Å². The van der Waals surface area contributed by atoms with Crippen LogP contribution in [0.15, 0.2) is 0 Å². The van der Waals surface area contributed by atoms with Crippen molar-refractivity contribution in [2.24, 2.45) is 40.9 Å². The van der Waals surface area contributed by atoms with E-state index in [-0.39, 0.29) is 11.8 Å². The molecule has 6 unspecified atom stereocenters. The van der Waals surface area contributed by atoms with Crippen LogP contribution in [0, 0.1) is 40.9 Å². The van der Waals surface area contributed by atoms with Gasteiger partial charge in [-0.3, -0.25) is 0 Å². The molecule has 126 valence electrons. The summed E-state index contributed by atoms with van der Waals surface area (Å²) < 4.78 is 109. The van der Waals surface area contributed by atoms with E-state index in [0.717, 1.165) is 0 Å². The molecule has 0 saturated heterocycles. The number of alkyl halides is 8. The summed E-state index contributed by atoms with van der Waals surface area (Å²) in [5.41, 5.74) is -4.86. The van der Waals surface area contributed by atoms with E-state index in [1.165, 1.54) is 0 Å². The van der Waals surface area contributed by atoms with E-state index in [1.807, 2.05) is 0 Å². The van der Waals surface area contributed by atoms with Crippen molar-refractivity contribution in [1.29, 1.82) is 0 Å². The summed E-state index contributed by atoms with van der Waals surface area (Å²) >= 11 is 0. The maximum Gasteiger partial charge on any atom is 0.409 e. The van der Waals surface area contributed by atoms with Gasteiger partial charge in [0.25, 0.3) is 5.92 Å². The fraction of sp³-hybridized carbons (Fsp3) is 1.00. The second kappa shape index (κ2) is 3.74. The van der Waals surface area contributed by atoms with Crippen molar-refractivity contribution < 1.29 is 35.1 Å². The molecular weight excluding hydrogens is 320 g/mol. The van der Waals surface area contributed by atoms with Gasteiger partial charge in [0.1, 0.15) is 0 Å². The molecule has 0 aromatic rings. The van der Waals surface area contributed by atoms with Crippen LogP contribution in [0.5, 0.6) is 0 Å². The van der Waals surface area contributed by atoms with Crippen molar-refractivity contribution >= 4 is 0 Å². The molecule has 0 amide bonds. The Morgan fingerprint density at radius 3 is 1.59 bits per heavy atom. The normalized spacial score (nSPS) is 48.0. The molecule has 0 N–H and O–H groups in total. The molecule has 0 aromatic heterocycles. The average Bonchev–Trinajstić information content (AvgIpc) is 2.97. The van der Waals surface area contributed by atoms with Gasteiger partial charge in [0, 0.05) is 5.92 Å². The Balaban J connectivity index is 1.90. The summed E-state index contributed by atoms with van der Waals surface area (Å²) in [5.74, 6) is -10.4. The molecule has 8 heteroatoms. The van der Waals surface area contributed by atoms with Crippen LogP contribution >= 0.6 is 0 Å². The molecule has 4 bridgehead atoms. The zero-order chi connectivity index (χ0) is 16.3. The Hall–Kier alpha value is -0.560. The first-order valence-corrected chi connectivity index (χ1v) is 7.46. The molecule has 0 heterocycles. The zero-order valence-corrected chi connectivity index (χ0v) is 11.3. The summed E-state index contributed by atoms with van der Waals surface area (Å²) in [5, 5.41) is 0. The minimum atomic E-state index is -5.99. The molecule has 4 aliphatic carbocycles. The summed E-state index contributed by atoms with van der Waals surface area (Å²) in [6.45, 7) is 0. The molecule has 4 aliphatic rings. The van der Waals surface area contributed by atoms with Crippen LogP contribution < -0.4 is 0 Å². The number of fused-ring (bicyclic) bond motifs is 9. The fourth-order valence-corrected chi connectivity index (χ4v) is 6.52. The molecule has 4 fully saturated rings. The van der Waals surface area contributed by atoms with E-state index in [0.29, 0.717) is 19.3 Å². The van der Waals surface area contributed by atoms with Gasteiger partial charge in [0.2, 0.25) is 5.41 Å². The third-order valence-corrected chi connectivity index (χ3v) is 6.93. The van der Waals surface area contributed by atoms with Gasteiger partial charge in [-0.25, -0.2) is 8.78 Å². The molecule has 0 aliphatic heterocycles. The molecule has 22 heavy (non-hydrogen) atoms. The van der Waals surface area contributed by atoms with Gasteiger partial charge < -0.3 is 0 Å². The molecule has 0 aromatic carbocycles. The van der Waals surface area contributed by atoms with Gasteiger partial charge in [-0.1, -0.05) is 0 Å². The molecular formula is C14H14F8. The lowest BCUT2D eigenvalue weighted by Crippen LogP contribution is -2.67. The van der Waals surface area contributed by atoms with Crippen LogP contribution in [0.4, 0.5) is 35.1 Å². The molecule has 0 nitrogen and oxygen atoms in total. The Kier molecular flexibility index (Phi) is 2.55. The van der Waals surface area contributed by atoms with Crippen LogP contribution in [0.2, 0.25) is 0 Å². The zero-order valence-electron chi connectivity index (χ0n) is 11.3. The second-order valence-electron chi connectivity index (χ2n) is 7.36. The minimum Gasteiger partial charge on any atom is -0.205 e. The molecule has 4 rings (SSSR count). The van der Waals surface area contributed by atoms with Crippen molar-refractivity contribution in [3.63, 3.8) is 0 Å². The maximum absolute atomic E-state index is 14.5. The van der Waals surface area contributed by atoms with Crippen LogP contribution in [-0.2, 0) is 0 Å². The first-order valence-electron chi connectivity index (χ1n) is 7.46. The van der Waals surface area contributed by atoms with Crippen LogP contribution in [0.1, 0.15) is 25.7 Å². The van der Waals surface area contributed by atoms with E-state index in [4.69, 9.17) is 0 Å². The monoisotopic (exact) mass is 334 g/mol. The topological polar surface area (TPSA) is 0 Å². The summed E-state index contributed by atoms with van der Waals surface area (Å²) in [7, 11) is 0. The quantitative estimate of drug-likeness (QED) is 0.430. The Bertz CT molecular complexity index is 490. The lowest BCUT2D eigenvalue weighted by atomic mass is 9.58. The number of rotatable bonds is 0. The highest BCUT2D eigenvalue weighted by molar-refractivity contribution is 5.25. The predicted molar refractivity (Wildman–Crippen MR) is 58.9 cm³/mol. The Morgan fingerprint density at radius 1 is 0.682 bits per heavy atom. The first kappa shape index (κ1) is 15.0. The average molecular weight is 334 g/mol. The minimum absolute atomic E-state index is 0.115. The van der Waals surface area contributed by atoms with Crippen molar-refractivity contribution in [3.8, 4) is 0 Å². The predicted octanol–water partition coefficient (Wildman–Crippen LogP) is 5.04. The third-order valence-electron chi connectivity index (χ3n) is 6.93. The van der Waals surface area contributed by atoms with Gasteiger partial charge in [-0.05, 0) is 55.3 Å². The number of hydrogen-bond acceptors (Lipinski definition) is 0. The highest BCUT2D eigenvalue weighted by atomic mass is 19.4. The van der Waals surface area contributed by atoms with E-state index in [9.17, 15) is 35.1 Å². The summed E-state index contributed by atoms with van der Waals surface area (Å²) in [6.07, 6.45) is -10.9. The highest BCUT2D eigenvalue weighted by Crippen LogP contribution is 2.81. The van der Waals surface area contributed by atoms with E-state index >= 15 is 0 Å². The molecule has 0 spiro atoms. The van der Waals surface area contributed by atoms with Crippen LogP contribution in [0.3, 0.4) is 0 Å². The molecule has 0 radical (unpaired) electrons.